The Morgan fingerprint density at radius 2 is 1.85 bits per heavy atom. The predicted octanol–water partition coefficient (Wildman–Crippen LogP) is 4.84. The number of carboxylic acid groups (broad SMARTS) is 1. The Labute approximate surface area is 190 Å². The molecule has 4 rings (SSSR count). The number of hydrogen-bond acceptors (Lipinski definition) is 6. The highest BCUT2D eigenvalue weighted by atomic mass is 16.5. The van der Waals surface area contributed by atoms with Crippen LogP contribution < -0.4 is 14.2 Å². The summed E-state index contributed by atoms with van der Waals surface area (Å²) >= 11 is 0. The molecular weight excluding hydrogens is 422 g/mol. The van der Waals surface area contributed by atoms with Gasteiger partial charge in [0, 0.05) is 22.5 Å². The Balaban J connectivity index is 1.81. The number of ketones is 1. The smallest absolute Gasteiger partial charge is 0.337 e. The summed E-state index contributed by atoms with van der Waals surface area (Å²) in [5.41, 5.74) is 1.49. The molecule has 1 N–H and O–H groups in total. The summed E-state index contributed by atoms with van der Waals surface area (Å²) in [6, 6.07) is 9.91. The van der Waals surface area contributed by atoms with Gasteiger partial charge in [-0.3, -0.25) is 9.78 Å². The summed E-state index contributed by atoms with van der Waals surface area (Å²) in [4.78, 5) is 29.4. The van der Waals surface area contributed by atoms with E-state index in [1.165, 1.54) is 20.4 Å². The third-order valence-electron chi connectivity index (χ3n) is 5.42. The second kappa shape index (κ2) is 9.56. The fraction of sp³-hybridized carbons (Fsp3) is 0.192. The van der Waals surface area contributed by atoms with Crippen molar-refractivity contribution in [3.8, 4) is 17.2 Å². The largest absolute Gasteiger partial charge is 0.497 e. The lowest BCUT2D eigenvalue weighted by Gasteiger charge is -2.15. The fourth-order valence-electron chi connectivity index (χ4n) is 3.71. The lowest BCUT2D eigenvalue weighted by molar-refractivity contribution is 0.0698. The van der Waals surface area contributed by atoms with Gasteiger partial charge in [0.25, 0.3) is 0 Å². The van der Waals surface area contributed by atoms with Crippen LogP contribution in [0.2, 0.25) is 0 Å². The second-order valence-electron chi connectivity index (χ2n) is 7.48. The predicted molar refractivity (Wildman–Crippen MR) is 124 cm³/mol. The summed E-state index contributed by atoms with van der Waals surface area (Å²) in [5, 5.41) is 10.4. The number of carboxylic acids is 1. The van der Waals surface area contributed by atoms with Crippen LogP contribution in [0.15, 0.2) is 66.4 Å². The lowest BCUT2D eigenvalue weighted by atomic mass is 9.99. The van der Waals surface area contributed by atoms with Gasteiger partial charge in [-0.2, -0.15) is 0 Å². The van der Waals surface area contributed by atoms with E-state index in [1.807, 2.05) is 6.08 Å². The molecule has 0 amide bonds. The van der Waals surface area contributed by atoms with E-state index in [1.54, 1.807) is 36.4 Å². The number of nitrogens with zero attached hydrogens (tertiary/aromatic N) is 1. The number of ether oxygens (including phenoxy) is 3. The normalized spacial score (nSPS) is 12.8. The summed E-state index contributed by atoms with van der Waals surface area (Å²) in [6.45, 7) is 0.321. The van der Waals surface area contributed by atoms with Crippen molar-refractivity contribution in [1.29, 1.82) is 0 Å². The molecule has 0 aliphatic heterocycles. The number of benzene rings is 2. The highest BCUT2D eigenvalue weighted by Gasteiger charge is 2.22. The van der Waals surface area contributed by atoms with Crippen molar-refractivity contribution >= 4 is 22.5 Å². The molecule has 7 heteroatoms. The first-order chi connectivity index (χ1) is 16.0. The summed E-state index contributed by atoms with van der Waals surface area (Å²) in [6.07, 6.45) is 9.34. The van der Waals surface area contributed by atoms with Crippen LogP contribution in [0.1, 0.15) is 39.3 Å². The van der Waals surface area contributed by atoms with Crippen LogP contribution in [-0.2, 0) is 0 Å². The molecule has 0 bridgehead atoms. The molecule has 1 heterocycles. The van der Waals surface area contributed by atoms with Gasteiger partial charge in [-0.05, 0) is 42.7 Å². The molecule has 0 spiro atoms. The Hall–Kier alpha value is -4.13. The molecule has 0 fully saturated rings. The highest BCUT2D eigenvalue weighted by molar-refractivity contribution is 6.18. The summed E-state index contributed by atoms with van der Waals surface area (Å²) in [5.74, 6) is -0.206. The van der Waals surface area contributed by atoms with Crippen LogP contribution in [0.3, 0.4) is 0 Å². The van der Waals surface area contributed by atoms with E-state index < -0.39 is 5.97 Å². The van der Waals surface area contributed by atoms with Crippen LogP contribution >= 0.6 is 0 Å². The number of fused-ring (bicyclic) bond motifs is 1. The van der Waals surface area contributed by atoms with Gasteiger partial charge in [-0.25, -0.2) is 4.79 Å². The average molecular weight is 445 g/mol. The van der Waals surface area contributed by atoms with E-state index in [2.05, 4.69) is 17.1 Å². The van der Waals surface area contributed by atoms with Gasteiger partial charge in [0.05, 0.1) is 19.8 Å². The Morgan fingerprint density at radius 3 is 2.55 bits per heavy atom. The Kier molecular flexibility index (Phi) is 6.40. The first-order valence-electron chi connectivity index (χ1n) is 10.4. The molecule has 1 aliphatic carbocycles. The van der Waals surface area contributed by atoms with Crippen LogP contribution in [0.25, 0.3) is 10.8 Å². The van der Waals surface area contributed by atoms with Crippen molar-refractivity contribution in [3.05, 3.63) is 83.2 Å². The summed E-state index contributed by atoms with van der Waals surface area (Å²) in [7, 11) is 3.01. The molecule has 168 valence electrons. The van der Waals surface area contributed by atoms with Crippen molar-refractivity contribution in [1.82, 2.24) is 4.98 Å². The van der Waals surface area contributed by atoms with Crippen LogP contribution in [-0.4, -0.2) is 42.7 Å². The third-order valence-corrected chi connectivity index (χ3v) is 5.42. The maximum absolute atomic E-state index is 13.3. The van der Waals surface area contributed by atoms with E-state index in [0.29, 0.717) is 40.2 Å². The molecule has 0 unspecified atom stereocenters. The number of aromatic nitrogens is 1. The number of carbonyl (C=O) groups is 2. The number of methoxy groups -OCH3 is 2. The molecule has 7 nitrogen and oxygen atoms in total. The molecule has 1 aliphatic rings. The zero-order chi connectivity index (χ0) is 23.4. The second-order valence-corrected chi connectivity index (χ2v) is 7.48. The van der Waals surface area contributed by atoms with Crippen molar-refractivity contribution in [3.63, 3.8) is 0 Å². The first kappa shape index (κ1) is 22.1. The van der Waals surface area contributed by atoms with E-state index in [0.717, 1.165) is 18.4 Å². The number of aromatic carboxylic acids is 1. The first-order valence-corrected chi connectivity index (χ1v) is 10.4. The third kappa shape index (κ3) is 4.57. The van der Waals surface area contributed by atoms with Gasteiger partial charge >= 0.3 is 5.97 Å². The zero-order valence-corrected chi connectivity index (χ0v) is 18.3. The van der Waals surface area contributed by atoms with E-state index in [9.17, 15) is 14.7 Å². The van der Waals surface area contributed by atoms with Crippen molar-refractivity contribution in [2.75, 3.05) is 20.8 Å². The highest BCUT2D eigenvalue weighted by Crippen LogP contribution is 2.36. The van der Waals surface area contributed by atoms with Gasteiger partial charge in [0.1, 0.15) is 18.1 Å². The molecular formula is C26H23NO6. The maximum atomic E-state index is 13.3. The number of hydrogen-bond donors (Lipinski definition) is 1. The Bertz CT molecular complexity index is 1290. The zero-order valence-electron chi connectivity index (χ0n) is 18.3. The van der Waals surface area contributed by atoms with Gasteiger partial charge in [-0.15, -0.1) is 0 Å². The molecule has 33 heavy (non-hydrogen) atoms. The standard InChI is InChI=1S/C26H23NO6/c1-31-18-10-6-9-17(11-18)25(28)24-20-13-22(32-2)23(33-15-16-7-4-3-5-8-16)12-19(20)21(14-27-24)26(29)30/h4,6-14H,3,5,15H2,1-2H3,(H,29,30). The monoisotopic (exact) mass is 445 g/mol. The molecule has 0 saturated heterocycles. The lowest BCUT2D eigenvalue weighted by Crippen LogP contribution is -2.09. The molecule has 2 aromatic carbocycles. The van der Waals surface area contributed by atoms with Crippen LogP contribution in [0.5, 0.6) is 17.2 Å². The topological polar surface area (TPSA) is 95.0 Å². The Morgan fingerprint density at radius 1 is 1.03 bits per heavy atom. The number of pyridine rings is 1. The number of carbonyl (C=O) groups excluding carboxylic acids is 1. The number of rotatable bonds is 8. The van der Waals surface area contributed by atoms with Crippen molar-refractivity contribution < 1.29 is 28.9 Å². The van der Waals surface area contributed by atoms with Crippen molar-refractivity contribution in [2.45, 2.75) is 12.8 Å². The van der Waals surface area contributed by atoms with Crippen LogP contribution in [0.4, 0.5) is 0 Å². The van der Waals surface area contributed by atoms with Crippen LogP contribution in [0, 0.1) is 0 Å². The van der Waals surface area contributed by atoms with Gasteiger partial charge in [0.2, 0.25) is 5.78 Å². The molecule has 0 radical (unpaired) electrons. The van der Waals surface area contributed by atoms with Gasteiger partial charge < -0.3 is 19.3 Å². The summed E-state index contributed by atoms with van der Waals surface area (Å²) < 4.78 is 16.7. The molecule has 0 saturated carbocycles. The maximum Gasteiger partial charge on any atom is 0.337 e. The fourth-order valence-corrected chi connectivity index (χ4v) is 3.71. The molecule has 0 atom stereocenters. The minimum atomic E-state index is -1.15. The van der Waals surface area contributed by atoms with Gasteiger partial charge in [-0.1, -0.05) is 30.4 Å². The molecule has 1 aromatic heterocycles. The quantitative estimate of drug-likeness (QED) is 0.496. The SMILES string of the molecule is COc1cccc(C(=O)c2ncc(C(=O)O)c3cc(OCC4=CCCC=C4)c(OC)cc23)c1. The molecule has 3 aromatic rings. The number of allylic oxidation sites excluding steroid dienone is 2. The van der Waals surface area contributed by atoms with E-state index >= 15 is 0 Å². The minimum absolute atomic E-state index is 0.0310. The van der Waals surface area contributed by atoms with E-state index in [4.69, 9.17) is 14.2 Å². The van der Waals surface area contributed by atoms with E-state index in [-0.39, 0.29) is 17.0 Å². The minimum Gasteiger partial charge on any atom is -0.497 e. The average Bonchev–Trinajstić information content (AvgIpc) is 2.86. The van der Waals surface area contributed by atoms with Gasteiger partial charge in [0.15, 0.2) is 11.5 Å². The van der Waals surface area contributed by atoms with Crippen molar-refractivity contribution in [2.24, 2.45) is 0 Å².